The van der Waals surface area contributed by atoms with Gasteiger partial charge in [-0.25, -0.2) is 4.79 Å². The molecule has 0 radical (unpaired) electrons. The van der Waals surface area contributed by atoms with Gasteiger partial charge >= 0.3 is 6.03 Å². The smallest absolute Gasteiger partial charge is 0.325 e. The number of amides is 4. The van der Waals surface area contributed by atoms with Crippen LogP contribution in [0.15, 0.2) is 12.1 Å². The Bertz CT molecular complexity index is 832. The summed E-state index contributed by atoms with van der Waals surface area (Å²) in [6.45, 7) is 2.67. The number of carbonyl (C=O) groups is 3. The molecule has 1 aliphatic heterocycles. The van der Waals surface area contributed by atoms with Crippen molar-refractivity contribution in [2.75, 3.05) is 27.8 Å². The zero-order valence-electron chi connectivity index (χ0n) is 18.2. The van der Waals surface area contributed by atoms with Crippen LogP contribution < -0.4 is 14.8 Å². The normalized spacial score (nSPS) is 17.4. The van der Waals surface area contributed by atoms with E-state index < -0.39 is 5.54 Å². The van der Waals surface area contributed by atoms with Crippen LogP contribution in [0.2, 0.25) is 0 Å². The Morgan fingerprint density at radius 3 is 2.43 bits per heavy atom. The molecular formula is C22H31N3O5. The number of carbonyl (C=O) groups excluding carboxylic acids is 3. The Labute approximate surface area is 177 Å². The molecule has 0 atom stereocenters. The van der Waals surface area contributed by atoms with Gasteiger partial charge in [-0.2, -0.15) is 0 Å². The van der Waals surface area contributed by atoms with Crippen molar-refractivity contribution in [3.8, 4) is 11.5 Å². The zero-order chi connectivity index (χ0) is 21.9. The van der Waals surface area contributed by atoms with Crippen molar-refractivity contribution >= 4 is 17.8 Å². The number of ether oxygens (including phenoxy) is 2. The molecule has 2 fully saturated rings. The highest BCUT2D eigenvalue weighted by molar-refractivity contribution is 6.07. The second kappa shape index (κ2) is 8.93. The summed E-state index contributed by atoms with van der Waals surface area (Å²) in [5, 5.41) is 2.87. The van der Waals surface area contributed by atoms with Crippen LogP contribution in [0.25, 0.3) is 0 Å². The van der Waals surface area contributed by atoms with Crippen molar-refractivity contribution in [3.05, 3.63) is 23.3 Å². The van der Waals surface area contributed by atoms with E-state index in [-0.39, 0.29) is 30.8 Å². The molecule has 1 saturated carbocycles. The number of nitrogens with one attached hydrogen (secondary N) is 1. The molecule has 8 nitrogen and oxygen atoms in total. The van der Waals surface area contributed by atoms with Crippen LogP contribution in [0.1, 0.15) is 49.7 Å². The van der Waals surface area contributed by atoms with E-state index in [1.807, 2.05) is 19.1 Å². The Balaban J connectivity index is 1.53. The lowest BCUT2D eigenvalue weighted by atomic mass is 9.98. The van der Waals surface area contributed by atoms with Gasteiger partial charge in [-0.3, -0.25) is 14.5 Å². The summed E-state index contributed by atoms with van der Waals surface area (Å²) in [6, 6.07) is 3.44. The van der Waals surface area contributed by atoms with Gasteiger partial charge in [0.15, 0.2) is 11.5 Å². The minimum absolute atomic E-state index is 0.0354. The highest BCUT2D eigenvalue weighted by Crippen LogP contribution is 2.35. The van der Waals surface area contributed by atoms with E-state index in [9.17, 15) is 14.4 Å². The Morgan fingerprint density at radius 1 is 1.17 bits per heavy atom. The van der Waals surface area contributed by atoms with E-state index in [4.69, 9.17) is 9.47 Å². The number of imide groups is 1. The fraction of sp³-hybridized carbons (Fsp3) is 0.591. The molecule has 8 heteroatoms. The summed E-state index contributed by atoms with van der Waals surface area (Å²) in [6.07, 6.45) is 4.05. The highest BCUT2D eigenvalue weighted by atomic mass is 16.5. The first-order valence-corrected chi connectivity index (χ1v) is 10.4. The number of methoxy groups -OCH3 is 2. The monoisotopic (exact) mass is 417 g/mol. The molecule has 1 aliphatic carbocycles. The topological polar surface area (TPSA) is 88.2 Å². The molecule has 1 aromatic carbocycles. The van der Waals surface area contributed by atoms with Crippen molar-refractivity contribution in [2.24, 2.45) is 0 Å². The molecule has 164 valence electrons. The maximum absolute atomic E-state index is 12.7. The third-order valence-corrected chi connectivity index (χ3v) is 6.15. The fourth-order valence-corrected chi connectivity index (χ4v) is 4.31. The van der Waals surface area contributed by atoms with Crippen LogP contribution in [0.4, 0.5) is 4.79 Å². The van der Waals surface area contributed by atoms with Gasteiger partial charge < -0.3 is 19.7 Å². The summed E-state index contributed by atoms with van der Waals surface area (Å²) < 4.78 is 10.7. The van der Waals surface area contributed by atoms with Crippen LogP contribution in [0.3, 0.4) is 0 Å². The van der Waals surface area contributed by atoms with Crippen molar-refractivity contribution < 1.29 is 23.9 Å². The summed E-state index contributed by atoms with van der Waals surface area (Å²) >= 11 is 0. The van der Waals surface area contributed by atoms with Crippen LogP contribution in [0.5, 0.6) is 11.5 Å². The van der Waals surface area contributed by atoms with Gasteiger partial charge in [0, 0.05) is 26.6 Å². The van der Waals surface area contributed by atoms with Crippen molar-refractivity contribution in [3.63, 3.8) is 0 Å². The maximum atomic E-state index is 12.7. The lowest BCUT2D eigenvalue weighted by Crippen LogP contribution is -2.44. The van der Waals surface area contributed by atoms with Crippen LogP contribution in [-0.2, 0) is 16.1 Å². The van der Waals surface area contributed by atoms with Gasteiger partial charge in [0.2, 0.25) is 5.91 Å². The first kappa shape index (κ1) is 21.9. The van der Waals surface area contributed by atoms with E-state index in [1.165, 1.54) is 4.90 Å². The number of nitrogens with zero attached hydrogens (tertiary/aromatic N) is 2. The van der Waals surface area contributed by atoms with Gasteiger partial charge in [-0.1, -0.05) is 12.8 Å². The number of aryl methyl sites for hydroxylation is 1. The quantitative estimate of drug-likeness (QED) is 0.657. The summed E-state index contributed by atoms with van der Waals surface area (Å²) in [4.78, 5) is 40.4. The van der Waals surface area contributed by atoms with E-state index in [0.717, 1.165) is 24.0 Å². The molecule has 30 heavy (non-hydrogen) atoms. The molecule has 1 aromatic rings. The fourth-order valence-electron chi connectivity index (χ4n) is 4.31. The number of urea groups is 1. The third-order valence-electron chi connectivity index (χ3n) is 6.15. The van der Waals surface area contributed by atoms with Crippen molar-refractivity contribution in [1.29, 1.82) is 0 Å². The predicted octanol–water partition coefficient (Wildman–Crippen LogP) is 2.62. The van der Waals surface area contributed by atoms with Crippen LogP contribution >= 0.6 is 0 Å². The summed E-state index contributed by atoms with van der Waals surface area (Å²) in [5.41, 5.74) is 1.29. The Morgan fingerprint density at radius 2 is 1.80 bits per heavy atom. The summed E-state index contributed by atoms with van der Waals surface area (Å²) in [5.74, 6) is 1.11. The van der Waals surface area contributed by atoms with Crippen LogP contribution in [0, 0.1) is 6.92 Å². The molecule has 1 saturated heterocycles. The molecule has 1 spiro atoms. The first-order valence-electron chi connectivity index (χ1n) is 10.4. The van der Waals surface area contributed by atoms with Crippen molar-refractivity contribution in [2.45, 2.75) is 57.5 Å². The molecule has 1 N–H and O–H groups in total. The highest BCUT2D eigenvalue weighted by Gasteiger charge is 2.52. The molecule has 0 bridgehead atoms. The molecule has 0 unspecified atom stereocenters. The van der Waals surface area contributed by atoms with Gasteiger partial charge in [-0.15, -0.1) is 0 Å². The van der Waals surface area contributed by atoms with E-state index in [0.29, 0.717) is 37.3 Å². The molecule has 4 amide bonds. The number of hydrogen-bond acceptors (Lipinski definition) is 5. The predicted molar refractivity (Wildman–Crippen MR) is 111 cm³/mol. The largest absolute Gasteiger partial charge is 0.493 e. The number of hydrogen-bond donors (Lipinski definition) is 1. The van der Waals surface area contributed by atoms with Gasteiger partial charge in [0.05, 0.1) is 14.2 Å². The Hall–Kier alpha value is -2.77. The average molecular weight is 418 g/mol. The third kappa shape index (κ3) is 4.22. The van der Waals surface area contributed by atoms with Gasteiger partial charge in [0.1, 0.15) is 5.54 Å². The standard InChI is InChI=1S/C22H31N3O5/c1-15-12-17(29-3)18(30-4)13-16(15)14-24(2)19(26)8-7-11-25-20(27)22(23-21(25)28)9-5-6-10-22/h12-13H,5-11,14H2,1-4H3,(H,23,28). The van der Waals surface area contributed by atoms with E-state index in [2.05, 4.69) is 5.32 Å². The minimum atomic E-state index is -0.692. The zero-order valence-corrected chi connectivity index (χ0v) is 18.2. The molecule has 2 aliphatic rings. The molecule has 0 aromatic heterocycles. The molecule has 1 heterocycles. The van der Waals surface area contributed by atoms with Crippen molar-refractivity contribution in [1.82, 2.24) is 15.1 Å². The van der Waals surface area contributed by atoms with Gasteiger partial charge in [0.25, 0.3) is 5.91 Å². The van der Waals surface area contributed by atoms with E-state index >= 15 is 0 Å². The molecule has 3 rings (SSSR count). The second-order valence-corrected chi connectivity index (χ2v) is 8.16. The summed E-state index contributed by atoms with van der Waals surface area (Å²) in [7, 11) is 4.92. The lowest BCUT2D eigenvalue weighted by molar-refractivity contribution is -0.133. The SMILES string of the molecule is COc1cc(C)c(CN(C)C(=O)CCCN2C(=O)NC3(CCCC3)C2=O)cc1OC. The first-order chi connectivity index (χ1) is 14.3. The lowest BCUT2D eigenvalue weighted by Gasteiger charge is -2.21. The second-order valence-electron chi connectivity index (χ2n) is 8.16. The minimum Gasteiger partial charge on any atom is -0.493 e. The average Bonchev–Trinajstić information content (AvgIpc) is 3.29. The number of rotatable bonds is 8. The molecular weight excluding hydrogens is 386 g/mol. The van der Waals surface area contributed by atoms with E-state index in [1.54, 1.807) is 26.2 Å². The Kier molecular flexibility index (Phi) is 6.53. The van der Waals surface area contributed by atoms with Gasteiger partial charge in [-0.05, 0) is 49.4 Å². The maximum Gasteiger partial charge on any atom is 0.325 e. The van der Waals surface area contributed by atoms with Crippen LogP contribution in [-0.4, -0.2) is 61.0 Å². The number of benzene rings is 1.